The van der Waals surface area contributed by atoms with Crippen LogP contribution in [0.15, 0.2) is 182 Å². The maximum absolute atomic E-state index is 4.73. The van der Waals surface area contributed by atoms with Gasteiger partial charge in [-0.05, 0) is 146 Å². The maximum Gasteiger partial charge on any atom is 0.166 e. The van der Waals surface area contributed by atoms with E-state index in [1.54, 1.807) is 0 Å². The average Bonchev–Trinajstić information content (AvgIpc) is 3.81. The predicted molar refractivity (Wildman–Crippen MR) is 254 cm³/mol. The Morgan fingerprint density at radius 3 is 0.758 bits per heavy atom. The summed E-state index contributed by atoms with van der Waals surface area (Å²) in [6, 6.07) is 52.9. The summed E-state index contributed by atoms with van der Waals surface area (Å²) in [7, 11) is 0. The van der Waals surface area contributed by atoms with Crippen LogP contribution in [-0.4, -0.2) is 19.9 Å². The molecule has 296 valence electrons. The lowest BCUT2D eigenvalue weighted by molar-refractivity contribution is 1.01. The first-order chi connectivity index (χ1) is 30.3. The van der Waals surface area contributed by atoms with Gasteiger partial charge in [-0.15, -0.1) is 0 Å². The van der Waals surface area contributed by atoms with Gasteiger partial charge in [0.05, 0.1) is 22.7 Å². The molecule has 4 aromatic heterocycles. The Balaban J connectivity index is 1.22. The van der Waals surface area contributed by atoms with Gasteiger partial charge in [0.1, 0.15) is 0 Å². The van der Waals surface area contributed by atoms with Gasteiger partial charge in [0.2, 0.25) is 0 Å². The van der Waals surface area contributed by atoms with Crippen LogP contribution in [-0.2, 0) is 0 Å². The van der Waals surface area contributed by atoms with Gasteiger partial charge >= 0.3 is 0 Å². The lowest BCUT2D eigenvalue weighted by Crippen LogP contribution is -2.33. The molecule has 0 N–H and O–H groups in total. The zero-order valence-electron chi connectivity index (χ0n) is 34.7. The van der Waals surface area contributed by atoms with E-state index in [1.165, 1.54) is 0 Å². The molecule has 6 heterocycles. The van der Waals surface area contributed by atoms with E-state index in [2.05, 4.69) is 165 Å². The molecule has 8 nitrogen and oxygen atoms in total. The highest BCUT2D eigenvalue weighted by atomic mass is 15.5. The van der Waals surface area contributed by atoms with E-state index in [9.17, 15) is 0 Å². The number of benzene rings is 6. The monoisotopic (exact) mass is 800 g/mol. The lowest BCUT2D eigenvalue weighted by Gasteiger charge is -2.34. The van der Waals surface area contributed by atoms with E-state index in [-0.39, 0.29) is 0 Å². The molecule has 2 aliphatic rings. The Kier molecular flexibility index (Phi) is 7.93. The minimum absolute atomic E-state index is 0.963. The molecule has 0 unspecified atom stereocenters. The summed E-state index contributed by atoms with van der Waals surface area (Å²) in [5.74, 6) is 1.93. The van der Waals surface area contributed by atoms with Gasteiger partial charge in [0, 0.05) is 91.9 Å². The van der Waals surface area contributed by atoms with Gasteiger partial charge in [-0.1, -0.05) is 48.5 Å². The Bertz CT molecular complexity index is 3060. The molecular weight excluding hydrogens is 761 g/mol. The van der Waals surface area contributed by atoms with E-state index in [1.807, 2.05) is 52.5 Å². The summed E-state index contributed by atoms with van der Waals surface area (Å²) in [5.41, 5.74) is 12.3. The quantitative estimate of drug-likeness (QED) is 0.174. The SMILES string of the molecule is Cc1cc2ccc(N3C(=C4N(c5ccc6cc(C)ncc6c5)c5ccccc5N4c4ccc5cc(C)ncc5c4)N(c4ccc5cc(C)ncc5c4)c4ccccc43)cc2cn1. The number of anilines is 8. The van der Waals surface area contributed by atoms with Gasteiger partial charge in [0.25, 0.3) is 0 Å². The van der Waals surface area contributed by atoms with Crippen LogP contribution in [0.1, 0.15) is 22.8 Å². The zero-order valence-corrected chi connectivity index (χ0v) is 34.7. The third-order valence-corrected chi connectivity index (χ3v) is 12.2. The summed E-state index contributed by atoms with van der Waals surface area (Å²) in [4.78, 5) is 28.6. The summed E-state index contributed by atoms with van der Waals surface area (Å²) in [6.07, 6.45) is 7.94. The molecule has 0 saturated carbocycles. The highest BCUT2D eigenvalue weighted by Crippen LogP contribution is 2.57. The third kappa shape index (κ3) is 5.68. The highest BCUT2D eigenvalue weighted by Gasteiger charge is 2.44. The molecule has 0 saturated heterocycles. The number of fused-ring (bicyclic) bond motifs is 6. The minimum atomic E-state index is 0.963. The van der Waals surface area contributed by atoms with E-state index in [0.717, 1.165) is 123 Å². The molecule has 0 aliphatic carbocycles. The largest absolute Gasteiger partial charge is 0.291 e. The van der Waals surface area contributed by atoms with Gasteiger partial charge < -0.3 is 0 Å². The van der Waals surface area contributed by atoms with E-state index in [4.69, 9.17) is 19.9 Å². The Morgan fingerprint density at radius 2 is 0.516 bits per heavy atom. The van der Waals surface area contributed by atoms with Crippen molar-refractivity contribution < 1.29 is 0 Å². The van der Waals surface area contributed by atoms with Crippen molar-refractivity contribution in [2.45, 2.75) is 27.7 Å². The van der Waals surface area contributed by atoms with Crippen molar-refractivity contribution in [1.82, 2.24) is 19.9 Å². The summed E-state index contributed by atoms with van der Waals surface area (Å²) >= 11 is 0. The van der Waals surface area contributed by atoms with Crippen LogP contribution in [0.4, 0.5) is 45.5 Å². The second-order valence-electron chi connectivity index (χ2n) is 16.4. The van der Waals surface area contributed by atoms with Crippen molar-refractivity contribution in [3.8, 4) is 0 Å². The fourth-order valence-corrected chi connectivity index (χ4v) is 9.30. The van der Waals surface area contributed by atoms with Crippen LogP contribution < -0.4 is 19.6 Å². The summed E-state index contributed by atoms with van der Waals surface area (Å²) in [6.45, 7) is 8.17. The van der Waals surface area contributed by atoms with E-state index >= 15 is 0 Å². The van der Waals surface area contributed by atoms with E-state index in [0.29, 0.717) is 0 Å². The third-order valence-electron chi connectivity index (χ3n) is 12.2. The van der Waals surface area contributed by atoms with Crippen LogP contribution >= 0.6 is 0 Å². The first kappa shape index (κ1) is 35.8. The number of pyridine rings is 4. The zero-order chi connectivity index (χ0) is 41.6. The highest BCUT2D eigenvalue weighted by molar-refractivity contribution is 6.03. The molecule has 0 bridgehead atoms. The van der Waals surface area contributed by atoms with Crippen LogP contribution in [0.2, 0.25) is 0 Å². The van der Waals surface area contributed by atoms with Crippen molar-refractivity contribution in [1.29, 1.82) is 0 Å². The molecule has 0 atom stereocenters. The summed E-state index contributed by atoms with van der Waals surface area (Å²) in [5, 5.41) is 8.86. The van der Waals surface area contributed by atoms with Crippen LogP contribution in [0.25, 0.3) is 43.1 Å². The smallest absolute Gasteiger partial charge is 0.166 e. The maximum atomic E-state index is 4.73. The van der Waals surface area contributed by atoms with Crippen LogP contribution in [0.5, 0.6) is 0 Å². The molecule has 0 amide bonds. The second kappa shape index (κ2) is 13.7. The van der Waals surface area contributed by atoms with Crippen molar-refractivity contribution >= 4 is 88.6 Å². The topological polar surface area (TPSA) is 64.5 Å². The van der Waals surface area contributed by atoms with Gasteiger partial charge in [-0.3, -0.25) is 39.5 Å². The number of hydrogen-bond acceptors (Lipinski definition) is 8. The van der Waals surface area contributed by atoms with Crippen molar-refractivity contribution in [3.05, 3.63) is 205 Å². The Labute approximate surface area is 359 Å². The molecule has 62 heavy (non-hydrogen) atoms. The predicted octanol–water partition coefficient (Wildman–Crippen LogP) is 13.5. The lowest BCUT2D eigenvalue weighted by atomic mass is 10.1. The van der Waals surface area contributed by atoms with Gasteiger partial charge in [-0.2, -0.15) is 0 Å². The van der Waals surface area contributed by atoms with Crippen molar-refractivity contribution in [3.63, 3.8) is 0 Å². The molecule has 0 fully saturated rings. The van der Waals surface area contributed by atoms with Crippen molar-refractivity contribution in [2.75, 3.05) is 19.6 Å². The molecule has 6 aromatic carbocycles. The second-order valence-corrected chi connectivity index (χ2v) is 16.4. The van der Waals surface area contributed by atoms with Crippen molar-refractivity contribution in [2.24, 2.45) is 0 Å². The number of aromatic nitrogens is 4. The molecule has 0 spiro atoms. The Hall–Kier alpha value is -8.10. The van der Waals surface area contributed by atoms with Crippen LogP contribution in [0, 0.1) is 27.7 Å². The van der Waals surface area contributed by atoms with E-state index < -0.39 is 0 Å². The molecule has 10 aromatic rings. The number of hydrogen-bond donors (Lipinski definition) is 0. The Morgan fingerprint density at radius 1 is 0.274 bits per heavy atom. The van der Waals surface area contributed by atoms with Gasteiger partial charge in [0.15, 0.2) is 11.6 Å². The first-order valence-corrected chi connectivity index (χ1v) is 20.9. The molecule has 0 radical (unpaired) electrons. The van der Waals surface area contributed by atoms with Gasteiger partial charge in [-0.25, -0.2) is 0 Å². The average molecular weight is 801 g/mol. The number of aryl methyl sites for hydroxylation is 4. The fraction of sp³-hybridized carbons (Fsp3) is 0.0741. The summed E-state index contributed by atoms with van der Waals surface area (Å²) < 4.78 is 0. The number of rotatable bonds is 4. The molecule has 2 aliphatic heterocycles. The fourth-order valence-electron chi connectivity index (χ4n) is 9.30. The first-order valence-electron chi connectivity index (χ1n) is 20.9. The molecule has 8 heteroatoms. The number of nitrogens with zero attached hydrogens (tertiary/aromatic N) is 8. The minimum Gasteiger partial charge on any atom is -0.291 e. The van der Waals surface area contributed by atoms with Crippen LogP contribution in [0.3, 0.4) is 0 Å². The standard InChI is InChI=1S/C54H40N8/c1-33-21-37-13-17-45(25-41(37)29-55-33)59-49-9-5-6-10-50(49)60(46-18-14-38-22-34(2)56-30-42(38)26-46)53(59)54-61(47-19-15-39-23-35(3)57-31-43(39)27-47)51-11-7-8-12-52(51)62(54)48-20-16-40-24-36(4)58-32-44(40)28-48/h5-32H,1-4H3. The normalized spacial score (nSPS) is 13.6. The number of para-hydroxylation sites is 4. The molecular formula is C54H40N8. The molecule has 12 rings (SSSR count).